The van der Waals surface area contributed by atoms with Gasteiger partial charge < -0.3 is 4.98 Å². The summed E-state index contributed by atoms with van der Waals surface area (Å²) in [6.45, 7) is 1.75. The van der Waals surface area contributed by atoms with Crippen molar-refractivity contribution in [1.82, 2.24) is 9.97 Å². The van der Waals surface area contributed by atoms with E-state index in [1.165, 1.54) is 12.1 Å². The van der Waals surface area contributed by atoms with Crippen LogP contribution in [0.25, 0.3) is 11.4 Å². The number of benzene rings is 1. The highest BCUT2D eigenvalue weighted by Gasteiger charge is 2.06. The van der Waals surface area contributed by atoms with Crippen LogP contribution in [0.4, 0.5) is 4.39 Å². The fourth-order valence-electron chi connectivity index (χ4n) is 1.46. The molecule has 0 amide bonds. The van der Waals surface area contributed by atoms with Gasteiger partial charge in [-0.25, -0.2) is 9.37 Å². The molecule has 0 fully saturated rings. The Kier molecular flexibility index (Phi) is 2.98. The number of rotatable bonds is 1. The van der Waals surface area contributed by atoms with E-state index in [0.29, 0.717) is 17.1 Å². The third kappa shape index (κ3) is 2.22. The van der Waals surface area contributed by atoms with E-state index in [2.05, 4.69) is 9.97 Å². The molecule has 2 rings (SSSR count). The minimum absolute atomic E-state index is 0.253. The first-order valence-corrected chi connectivity index (χ1v) is 5.29. The molecule has 0 aliphatic heterocycles. The summed E-state index contributed by atoms with van der Waals surface area (Å²) in [5.74, 6) is 0.226. The Morgan fingerprint density at radius 3 is 2.53 bits per heavy atom. The van der Waals surface area contributed by atoms with Gasteiger partial charge in [-0.1, -0.05) is 12.2 Å². The number of H-pyrrole nitrogens is 1. The monoisotopic (exact) mass is 245 g/mol. The van der Waals surface area contributed by atoms with Crippen LogP contribution in [-0.2, 0) is 0 Å². The van der Waals surface area contributed by atoms with Gasteiger partial charge >= 0.3 is 0 Å². The van der Waals surface area contributed by atoms with Crippen molar-refractivity contribution in [3.8, 4) is 17.5 Å². The normalized spacial score (nSPS) is 9.94. The Bertz CT molecular complexity index is 653. The van der Waals surface area contributed by atoms with E-state index >= 15 is 0 Å². The number of aryl methyl sites for hydroxylation is 1. The van der Waals surface area contributed by atoms with E-state index in [0.717, 1.165) is 5.56 Å². The van der Waals surface area contributed by atoms with E-state index in [-0.39, 0.29) is 10.5 Å². The van der Waals surface area contributed by atoms with Crippen LogP contribution < -0.4 is 0 Å². The van der Waals surface area contributed by atoms with Gasteiger partial charge in [0.15, 0.2) is 0 Å². The van der Waals surface area contributed by atoms with Crippen LogP contribution in [0, 0.1) is 28.7 Å². The van der Waals surface area contributed by atoms with Crippen molar-refractivity contribution < 1.29 is 4.39 Å². The van der Waals surface area contributed by atoms with Crippen molar-refractivity contribution in [2.45, 2.75) is 6.92 Å². The van der Waals surface area contributed by atoms with Gasteiger partial charge in [0.25, 0.3) is 0 Å². The second-order valence-electron chi connectivity index (χ2n) is 3.51. The Hall–Kier alpha value is -2.06. The molecule has 0 unspecified atom stereocenters. The van der Waals surface area contributed by atoms with Gasteiger partial charge in [-0.2, -0.15) is 5.26 Å². The summed E-state index contributed by atoms with van der Waals surface area (Å²) in [7, 11) is 0. The van der Waals surface area contributed by atoms with Crippen molar-refractivity contribution in [3.63, 3.8) is 0 Å². The summed E-state index contributed by atoms with van der Waals surface area (Å²) in [4.78, 5) is 7.10. The first-order valence-electron chi connectivity index (χ1n) is 4.89. The Morgan fingerprint density at radius 1 is 1.35 bits per heavy atom. The van der Waals surface area contributed by atoms with Crippen molar-refractivity contribution in [3.05, 3.63) is 46.0 Å². The molecule has 5 heteroatoms. The number of aromatic amines is 1. The maximum absolute atomic E-state index is 12.8. The molecule has 0 atom stereocenters. The van der Waals surface area contributed by atoms with Crippen LogP contribution in [0.5, 0.6) is 0 Å². The summed E-state index contributed by atoms with van der Waals surface area (Å²) in [6, 6.07) is 7.90. The molecule has 0 saturated carbocycles. The van der Waals surface area contributed by atoms with E-state index in [1.54, 1.807) is 19.1 Å². The molecular weight excluding hydrogens is 237 g/mol. The zero-order chi connectivity index (χ0) is 12.4. The maximum atomic E-state index is 12.8. The molecule has 0 aliphatic rings. The number of nitrogens with zero attached hydrogens (tertiary/aromatic N) is 2. The largest absolute Gasteiger partial charge is 0.342 e. The van der Waals surface area contributed by atoms with Crippen LogP contribution in [0.2, 0.25) is 0 Å². The number of hydrogen-bond donors (Lipinski definition) is 1. The minimum Gasteiger partial charge on any atom is -0.342 e. The number of hydrogen-bond acceptors (Lipinski definition) is 3. The summed E-state index contributed by atoms with van der Waals surface area (Å²) >= 11 is 5.02. The molecule has 2 aromatic rings. The molecule has 0 spiro atoms. The lowest BCUT2D eigenvalue weighted by molar-refractivity contribution is 0.628. The van der Waals surface area contributed by atoms with Crippen molar-refractivity contribution in [1.29, 1.82) is 5.26 Å². The van der Waals surface area contributed by atoms with Crippen LogP contribution in [0.3, 0.4) is 0 Å². The summed E-state index contributed by atoms with van der Waals surface area (Å²) < 4.78 is 13.0. The zero-order valence-corrected chi connectivity index (χ0v) is 9.81. The van der Waals surface area contributed by atoms with Crippen LogP contribution >= 0.6 is 12.2 Å². The summed E-state index contributed by atoms with van der Waals surface area (Å²) in [5, 5.41) is 8.87. The average molecular weight is 245 g/mol. The molecule has 1 N–H and O–H groups in total. The molecule has 0 aliphatic carbocycles. The lowest BCUT2D eigenvalue weighted by Crippen LogP contribution is -1.97. The Morgan fingerprint density at radius 2 is 2.00 bits per heavy atom. The predicted molar refractivity (Wildman–Crippen MR) is 64.3 cm³/mol. The highest BCUT2D eigenvalue weighted by Crippen LogP contribution is 2.17. The first-order chi connectivity index (χ1) is 8.11. The van der Waals surface area contributed by atoms with E-state index in [9.17, 15) is 4.39 Å². The molecule has 1 aromatic carbocycles. The fourth-order valence-corrected chi connectivity index (χ4v) is 1.75. The first kappa shape index (κ1) is 11.4. The van der Waals surface area contributed by atoms with E-state index in [1.807, 2.05) is 6.07 Å². The van der Waals surface area contributed by atoms with Crippen LogP contribution in [-0.4, -0.2) is 9.97 Å². The smallest absolute Gasteiger partial charge is 0.148 e. The van der Waals surface area contributed by atoms with E-state index in [4.69, 9.17) is 17.5 Å². The van der Waals surface area contributed by atoms with Crippen LogP contribution in [0.15, 0.2) is 24.3 Å². The minimum atomic E-state index is -0.308. The molecule has 84 valence electrons. The van der Waals surface area contributed by atoms with Crippen molar-refractivity contribution >= 4 is 12.2 Å². The lowest BCUT2D eigenvalue weighted by atomic mass is 10.2. The molecule has 0 saturated heterocycles. The number of halogens is 1. The highest BCUT2D eigenvalue weighted by atomic mass is 32.1. The van der Waals surface area contributed by atoms with Gasteiger partial charge in [0, 0.05) is 11.3 Å². The van der Waals surface area contributed by atoms with Crippen LogP contribution in [0.1, 0.15) is 11.3 Å². The molecule has 17 heavy (non-hydrogen) atoms. The molecule has 1 aromatic heterocycles. The van der Waals surface area contributed by atoms with Crippen molar-refractivity contribution in [2.75, 3.05) is 0 Å². The standard InChI is InChI=1S/C12H8FN3S/c1-7-10(6-14)12(17)16-11(15-7)8-2-4-9(13)5-3-8/h2-5H,1H3,(H,15,16,17). The SMILES string of the molecule is Cc1[nH]c(-c2ccc(F)cc2)nc(=S)c1C#N. The third-order valence-electron chi connectivity index (χ3n) is 2.34. The third-order valence-corrected chi connectivity index (χ3v) is 2.63. The van der Waals surface area contributed by atoms with Gasteiger partial charge in [-0.3, -0.25) is 0 Å². The zero-order valence-electron chi connectivity index (χ0n) is 8.99. The summed E-state index contributed by atoms with van der Waals surface area (Å²) in [5.41, 5.74) is 1.75. The molecule has 0 radical (unpaired) electrons. The molecular formula is C12H8FN3S. The number of nitriles is 1. The second kappa shape index (κ2) is 4.44. The molecule has 3 nitrogen and oxygen atoms in total. The Balaban J connectivity index is 2.59. The average Bonchev–Trinajstić information content (AvgIpc) is 2.29. The fraction of sp³-hybridized carbons (Fsp3) is 0.0833. The van der Waals surface area contributed by atoms with Gasteiger partial charge in [0.05, 0.1) is 0 Å². The quantitative estimate of drug-likeness (QED) is 0.785. The molecule has 1 heterocycles. The highest BCUT2D eigenvalue weighted by molar-refractivity contribution is 7.71. The van der Waals surface area contributed by atoms with Gasteiger partial charge in [0.1, 0.15) is 27.9 Å². The van der Waals surface area contributed by atoms with E-state index < -0.39 is 0 Å². The summed E-state index contributed by atoms with van der Waals surface area (Å²) in [6.07, 6.45) is 0. The topological polar surface area (TPSA) is 52.5 Å². The van der Waals surface area contributed by atoms with Gasteiger partial charge in [-0.05, 0) is 31.2 Å². The predicted octanol–water partition coefficient (Wildman–Crippen LogP) is 3.13. The number of nitrogens with one attached hydrogen (secondary N) is 1. The number of aromatic nitrogens is 2. The maximum Gasteiger partial charge on any atom is 0.148 e. The second-order valence-corrected chi connectivity index (χ2v) is 3.90. The molecule has 0 bridgehead atoms. The van der Waals surface area contributed by atoms with Crippen molar-refractivity contribution in [2.24, 2.45) is 0 Å². The van der Waals surface area contributed by atoms with Gasteiger partial charge in [0.2, 0.25) is 0 Å². The lowest BCUT2D eigenvalue weighted by Gasteiger charge is -2.04. The Labute approximate surface area is 103 Å². The van der Waals surface area contributed by atoms with Gasteiger partial charge in [-0.15, -0.1) is 0 Å².